The maximum absolute atomic E-state index is 12.5. The first-order valence-corrected chi connectivity index (χ1v) is 9.34. The summed E-state index contributed by atoms with van der Waals surface area (Å²) in [5.41, 5.74) is 0.989. The largest absolute Gasteiger partial charge is 0.465 e. The zero-order valence-electron chi connectivity index (χ0n) is 14.2. The Morgan fingerprint density at radius 3 is 2.26 bits per heavy atom. The third-order valence-electron chi connectivity index (χ3n) is 4.24. The van der Waals surface area contributed by atoms with Gasteiger partial charge in [-0.3, -0.25) is 9.59 Å². The third kappa shape index (κ3) is 3.74. The maximum atomic E-state index is 12.5. The van der Waals surface area contributed by atoms with E-state index in [0.29, 0.717) is 12.8 Å². The van der Waals surface area contributed by atoms with Crippen molar-refractivity contribution >= 4 is 20.1 Å². The smallest absolute Gasteiger partial charge is 0.324 e. The van der Waals surface area contributed by atoms with Crippen molar-refractivity contribution in [3.8, 4) is 0 Å². The molecule has 0 fully saturated rings. The molecule has 126 valence electrons. The van der Waals surface area contributed by atoms with Crippen LogP contribution in [-0.4, -0.2) is 25.2 Å². The highest BCUT2D eigenvalue weighted by Gasteiger charge is 2.52. The van der Waals surface area contributed by atoms with Crippen LogP contribution in [0, 0.1) is 5.41 Å². The predicted molar refractivity (Wildman–Crippen MR) is 90.7 cm³/mol. The molecule has 1 aliphatic rings. The standard InChI is InChI=1S/C18H25O4P/c1-4-7-8-15-9-13-10-18(16(19)21-5-2,17(20)22-6-3)11-14(13)12-23-15/h9,12H,4-8,10-11H2,1-3H3. The Balaban J connectivity index is 2.28. The van der Waals surface area contributed by atoms with E-state index in [1.165, 1.54) is 13.5 Å². The average Bonchev–Trinajstić information content (AvgIpc) is 2.93. The highest BCUT2D eigenvalue weighted by Crippen LogP contribution is 2.41. The monoisotopic (exact) mass is 336 g/mol. The zero-order chi connectivity index (χ0) is 16.9. The summed E-state index contributed by atoms with van der Waals surface area (Å²) < 4.78 is 10.4. The van der Waals surface area contributed by atoms with Crippen LogP contribution >= 0.6 is 8.19 Å². The molecule has 0 spiro atoms. The molecule has 0 aliphatic heterocycles. The number of carbonyl (C=O) groups excluding carboxylic acids is 2. The van der Waals surface area contributed by atoms with Gasteiger partial charge in [0.1, 0.15) is 0 Å². The molecule has 0 radical (unpaired) electrons. The summed E-state index contributed by atoms with van der Waals surface area (Å²) in [4.78, 5) is 25.0. The second-order valence-corrected chi connectivity index (χ2v) is 7.02. The zero-order valence-corrected chi connectivity index (χ0v) is 15.1. The van der Waals surface area contributed by atoms with Crippen LogP contribution in [0.5, 0.6) is 0 Å². The number of hydrogen-bond acceptors (Lipinski definition) is 4. The summed E-state index contributed by atoms with van der Waals surface area (Å²) in [7, 11) is 1.18. The van der Waals surface area contributed by atoms with E-state index >= 15 is 0 Å². The van der Waals surface area contributed by atoms with Gasteiger partial charge in [-0.1, -0.05) is 27.6 Å². The van der Waals surface area contributed by atoms with Gasteiger partial charge in [0, 0.05) is 6.42 Å². The van der Waals surface area contributed by atoms with Gasteiger partial charge in [-0.05, 0) is 55.3 Å². The van der Waals surface area contributed by atoms with Gasteiger partial charge >= 0.3 is 11.9 Å². The first-order valence-electron chi connectivity index (χ1n) is 8.38. The lowest BCUT2D eigenvalue weighted by atomic mass is 9.84. The highest BCUT2D eigenvalue weighted by atomic mass is 31.0. The second kappa shape index (κ2) is 7.92. The van der Waals surface area contributed by atoms with Crippen LogP contribution in [0.4, 0.5) is 0 Å². The van der Waals surface area contributed by atoms with E-state index in [9.17, 15) is 9.59 Å². The summed E-state index contributed by atoms with van der Waals surface area (Å²) in [6.45, 7) is 6.23. The van der Waals surface area contributed by atoms with Gasteiger partial charge in [0.15, 0.2) is 5.41 Å². The van der Waals surface area contributed by atoms with E-state index in [1.807, 2.05) is 0 Å². The molecule has 2 rings (SSSR count). The minimum atomic E-state index is -1.20. The first-order chi connectivity index (χ1) is 11.1. The molecule has 0 N–H and O–H groups in total. The molecule has 0 amide bonds. The molecular formula is C18H25O4P. The summed E-state index contributed by atoms with van der Waals surface area (Å²) in [5.74, 6) is 1.23. The van der Waals surface area contributed by atoms with Gasteiger partial charge < -0.3 is 9.47 Å². The molecule has 0 unspecified atom stereocenters. The number of aryl methyl sites for hydroxylation is 1. The molecule has 5 heteroatoms. The van der Waals surface area contributed by atoms with Crippen LogP contribution in [0.25, 0.3) is 0 Å². The SMILES string of the molecule is CCCCc1cc2c(cp1)CC(C(=O)OCC)(C(=O)OCC)C2. The van der Waals surface area contributed by atoms with E-state index in [0.717, 1.165) is 30.4 Å². The molecule has 0 aromatic carbocycles. The van der Waals surface area contributed by atoms with Crippen molar-refractivity contribution in [3.63, 3.8) is 0 Å². The summed E-state index contributed by atoms with van der Waals surface area (Å²) >= 11 is 0. The Kier molecular flexibility index (Phi) is 6.17. The summed E-state index contributed by atoms with van der Waals surface area (Å²) in [6.07, 6.45) is 4.17. The number of fused-ring (bicyclic) bond motifs is 1. The molecule has 0 atom stereocenters. The van der Waals surface area contributed by atoms with Crippen LogP contribution in [0.2, 0.25) is 0 Å². The Bertz CT molecular complexity index is 564. The van der Waals surface area contributed by atoms with Crippen LogP contribution in [0.1, 0.15) is 50.0 Å². The molecular weight excluding hydrogens is 311 g/mol. The molecule has 23 heavy (non-hydrogen) atoms. The molecule has 1 aromatic heterocycles. The Morgan fingerprint density at radius 1 is 1.09 bits per heavy atom. The molecule has 1 heterocycles. The van der Waals surface area contributed by atoms with Gasteiger partial charge in [-0.25, -0.2) is 0 Å². The normalized spacial score (nSPS) is 15.4. The van der Waals surface area contributed by atoms with Crippen LogP contribution < -0.4 is 0 Å². The van der Waals surface area contributed by atoms with E-state index in [4.69, 9.17) is 9.47 Å². The number of rotatable bonds is 7. The quantitative estimate of drug-likeness (QED) is 0.561. The third-order valence-corrected chi connectivity index (χ3v) is 5.37. The van der Waals surface area contributed by atoms with E-state index in [2.05, 4.69) is 18.8 Å². The Labute approximate surface area is 139 Å². The molecule has 1 aliphatic carbocycles. The topological polar surface area (TPSA) is 52.6 Å². The summed E-state index contributed by atoms with van der Waals surface area (Å²) in [5, 5.41) is 1.36. The molecule has 1 aromatic rings. The van der Waals surface area contributed by atoms with Gasteiger partial charge in [-0.2, -0.15) is 0 Å². The first kappa shape index (κ1) is 17.9. The van der Waals surface area contributed by atoms with E-state index in [-0.39, 0.29) is 13.2 Å². The van der Waals surface area contributed by atoms with Crippen molar-refractivity contribution in [2.75, 3.05) is 13.2 Å². The van der Waals surface area contributed by atoms with E-state index in [1.54, 1.807) is 13.8 Å². The van der Waals surface area contributed by atoms with Crippen LogP contribution in [-0.2, 0) is 38.3 Å². The lowest BCUT2D eigenvalue weighted by molar-refractivity contribution is -0.171. The Hall–Kier alpha value is -1.41. The van der Waals surface area contributed by atoms with Gasteiger partial charge in [0.2, 0.25) is 0 Å². The lowest BCUT2D eigenvalue weighted by Gasteiger charge is -2.23. The van der Waals surface area contributed by atoms with Crippen molar-refractivity contribution in [1.29, 1.82) is 0 Å². The van der Waals surface area contributed by atoms with Gasteiger partial charge in [0.25, 0.3) is 0 Å². The predicted octanol–water partition coefficient (Wildman–Crippen LogP) is 3.82. The lowest BCUT2D eigenvalue weighted by Crippen LogP contribution is -2.43. The number of hydrogen-bond donors (Lipinski definition) is 0. The summed E-state index contributed by atoms with van der Waals surface area (Å²) in [6, 6.07) is 2.17. The minimum Gasteiger partial charge on any atom is -0.465 e. The fraction of sp³-hybridized carbons (Fsp3) is 0.611. The number of ether oxygens (including phenoxy) is 2. The molecule has 4 nitrogen and oxygen atoms in total. The average molecular weight is 336 g/mol. The van der Waals surface area contributed by atoms with Gasteiger partial charge in [-0.15, -0.1) is 0 Å². The molecule has 0 saturated carbocycles. The highest BCUT2D eigenvalue weighted by molar-refractivity contribution is 7.30. The Morgan fingerprint density at radius 2 is 1.70 bits per heavy atom. The van der Waals surface area contributed by atoms with Gasteiger partial charge in [0.05, 0.1) is 13.2 Å². The fourth-order valence-electron chi connectivity index (χ4n) is 3.02. The van der Waals surface area contributed by atoms with Crippen molar-refractivity contribution in [1.82, 2.24) is 0 Å². The minimum absolute atomic E-state index is 0.268. The molecule has 0 bridgehead atoms. The van der Waals surface area contributed by atoms with Crippen molar-refractivity contribution in [2.45, 2.75) is 52.9 Å². The van der Waals surface area contributed by atoms with Crippen LogP contribution in [0.15, 0.2) is 11.9 Å². The number of carbonyl (C=O) groups is 2. The maximum Gasteiger partial charge on any atom is 0.324 e. The second-order valence-electron chi connectivity index (χ2n) is 5.92. The van der Waals surface area contributed by atoms with Crippen LogP contribution in [0.3, 0.4) is 0 Å². The van der Waals surface area contributed by atoms with Crippen molar-refractivity contribution in [2.24, 2.45) is 5.41 Å². The van der Waals surface area contributed by atoms with Crippen molar-refractivity contribution in [3.05, 3.63) is 28.3 Å². The number of unbranched alkanes of at least 4 members (excludes halogenated alkanes) is 1. The fourth-order valence-corrected chi connectivity index (χ4v) is 4.11. The van der Waals surface area contributed by atoms with Crippen molar-refractivity contribution < 1.29 is 19.1 Å². The molecule has 0 saturated heterocycles. The number of esters is 2. The van der Waals surface area contributed by atoms with E-state index < -0.39 is 17.4 Å².